The molecule has 0 amide bonds. The van der Waals surface area contributed by atoms with Gasteiger partial charge in [0.2, 0.25) is 0 Å². The number of hydrogen-bond acceptors (Lipinski definition) is 2. The Kier molecular flexibility index (Phi) is 3.54. The van der Waals surface area contributed by atoms with Gasteiger partial charge in [-0.05, 0) is 36.7 Å². The van der Waals surface area contributed by atoms with Crippen LogP contribution in [0.3, 0.4) is 0 Å². The van der Waals surface area contributed by atoms with Gasteiger partial charge in [0.05, 0.1) is 12.7 Å². The highest BCUT2D eigenvalue weighted by molar-refractivity contribution is 5.86. The Morgan fingerprint density at radius 2 is 1.95 bits per heavy atom. The highest BCUT2D eigenvalue weighted by Gasteiger charge is 2.30. The van der Waals surface area contributed by atoms with Crippen LogP contribution in [0.25, 0.3) is 10.8 Å². The van der Waals surface area contributed by atoms with Crippen LogP contribution in [-0.2, 0) is 4.74 Å². The van der Waals surface area contributed by atoms with Gasteiger partial charge in [0.15, 0.2) is 0 Å². The van der Waals surface area contributed by atoms with E-state index in [0.717, 1.165) is 13.0 Å². The van der Waals surface area contributed by atoms with Crippen molar-refractivity contribution in [2.45, 2.75) is 25.5 Å². The van der Waals surface area contributed by atoms with Crippen LogP contribution < -0.4 is 5.32 Å². The lowest BCUT2D eigenvalue weighted by Crippen LogP contribution is -2.25. The Balaban J connectivity index is 2.01. The summed E-state index contributed by atoms with van der Waals surface area (Å²) in [5.41, 5.74) is 1.39. The minimum Gasteiger partial charge on any atom is -0.378 e. The lowest BCUT2D eigenvalue weighted by molar-refractivity contribution is 0.117. The van der Waals surface area contributed by atoms with Gasteiger partial charge in [-0.1, -0.05) is 42.5 Å². The first kappa shape index (κ1) is 12.6. The van der Waals surface area contributed by atoms with Gasteiger partial charge >= 0.3 is 0 Å². The minimum atomic E-state index is 0.371. The Morgan fingerprint density at radius 3 is 2.68 bits per heavy atom. The molecule has 0 aliphatic carbocycles. The maximum Gasteiger partial charge on any atom is 0.0551 e. The fourth-order valence-electron chi connectivity index (χ4n) is 3.25. The first-order valence-electron chi connectivity index (χ1n) is 7.06. The smallest absolute Gasteiger partial charge is 0.0551 e. The Morgan fingerprint density at radius 1 is 1.16 bits per heavy atom. The summed E-state index contributed by atoms with van der Waals surface area (Å²) in [5.74, 6) is 0.561. The third-order valence-corrected chi connectivity index (χ3v) is 4.17. The van der Waals surface area contributed by atoms with Crippen molar-refractivity contribution in [1.82, 2.24) is 5.32 Å². The van der Waals surface area contributed by atoms with Crippen molar-refractivity contribution in [3.05, 3.63) is 48.0 Å². The van der Waals surface area contributed by atoms with E-state index >= 15 is 0 Å². The Bertz CT molecular complexity index is 561. The molecule has 3 atom stereocenters. The fraction of sp³-hybridized carbons (Fsp3) is 0.412. The first-order chi connectivity index (χ1) is 9.29. The number of hydrogen-bond donors (Lipinski definition) is 1. The van der Waals surface area contributed by atoms with Crippen LogP contribution in [0, 0.1) is 5.92 Å². The molecule has 2 aromatic rings. The van der Waals surface area contributed by atoms with Crippen molar-refractivity contribution in [1.29, 1.82) is 0 Å². The monoisotopic (exact) mass is 255 g/mol. The van der Waals surface area contributed by atoms with Crippen LogP contribution in [0.4, 0.5) is 0 Å². The van der Waals surface area contributed by atoms with E-state index < -0.39 is 0 Å². The Hall–Kier alpha value is -1.38. The molecule has 0 bridgehead atoms. The van der Waals surface area contributed by atoms with Crippen molar-refractivity contribution >= 4 is 10.8 Å². The van der Waals surface area contributed by atoms with Crippen LogP contribution in [0.15, 0.2) is 42.5 Å². The van der Waals surface area contributed by atoms with Crippen LogP contribution in [0.2, 0.25) is 0 Å². The van der Waals surface area contributed by atoms with Crippen LogP contribution >= 0.6 is 0 Å². The highest BCUT2D eigenvalue weighted by Crippen LogP contribution is 2.34. The van der Waals surface area contributed by atoms with Crippen LogP contribution in [0.5, 0.6) is 0 Å². The number of benzene rings is 2. The summed E-state index contributed by atoms with van der Waals surface area (Å²) in [6, 6.07) is 15.6. The lowest BCUT2D eigenvalue weighted by Gasteiger charge is -2.24. The summed E-state index contributed by atoms with van der Waals surface area (Å²) in [6.45, 7) is 3.02. The van der Waals surface area contributed by atoms with E-state index in [1.165, 1.54) is 16.3 Å². The molecule has 1 saturated heterocycles. The second kappa shape index (κ2) is 5.32. The summed E-state index contributed by atoms with van der Waals surface area (Å²) < 4.78 is 5.74. The molecule has 0 saturated carbocycles. The molecule has 2 aromatic carbocycles. The van der Waals surface area contributed by atoms with E-state index in [1.807, 2.05) is 0 Å². The third-order valence-electron chi connectivity index (χ3n) is 4.17. The Labute approximate surface area is 114 Å². The molecule has 3 unspecified atom stereocenters. The van der Waals surface area contributed by atoms with Crippen molar-refractivity contribution in [3.63, 3.8) is 0 Å². The molecule has 0 spiro atoms. The van der Waals surface area contributed by atoms with Gasteiger partial charge in [-0.2, -0.15) is 0 Å². The molecular weight excluding hydrogens is 234 g/mol. The molecule has 1 N–H and O–H groups in total. The molecule has 0 aromatic heterocycles. The highest BCUT2D eigenvalue weighted by atomic mass is 16.5. The van der Waals surface area contributed by atoms with Crippen molar-refractivity contribution in [3.8, 4) is 0 Å². The van der Waals surface area contributed by atoms with Crippen LogP contribution in [0.1, 0.15) is 24.9 Å². The van der Waals surface area contributed by atoms with E-state index in [9.17, 15) is 0 Å². The summed E-state index contributed by atoms with van der Waals surface area (Å²) in [7, 11) is 2.05. The van der Waals surface area contributed by atoms with E-state index in [1.54, 1.807) is 0 Å². The predicted molar refractivity (Wildman–Crippen MR) is 79.3 cm³/mol. The van der Waals surface area contributed by atoms with Crippen molar-refractivity contribution in [2.75, 3.05) is 13.7 Å². The lowest BCUT2D eigenvalue weighted by atomic mass is 9.88. The van der Waals surface area contributed by atoms with Crippen molar-refractivity contribution < 1.29 is 4.74 Å². The first-order valence-corrected chi connectivity index (χ1v) is 7.06. The molecule has 19 heavy (non-hydrogen) atoms. The van der Waals surface area contributed by atoms with Gasteiger partial charge in [-0.15, -0.1) is 0 Å². The number of ether oxygens (including phenoxy) is 1. The molecule has 2 heteroatoms. The quantitative estimate of drug-likeness (QED) is 0.906. The zero-order chi connectivity index (χ0) is 13.2. The van der Waals surface area contributed by atoms with E-state index in [-0.39, 0.29) is 0 Å². The van der Waals surface area contributed by atoms with Gasteiger partial charge in [0.25, 0.3) is 0 Å². The van der Waals surface area contributed by atoms with Crippen LogP contribution in [-0.4, -0.2) is 19.8 Å². The molecule has 1 aliphatic rings. The second-order valence-electron chi connectivity index (χ2n) is 5.47. The molecule has 3 rings (SSSR count). The minimum absolute atomic E-state index is 0.371. The SMILES string of the molecule is CNC(c1cccc2ccccc12)C1COC(C)C1. The van der Waals surface area contributed by atoms with Gasteiger partial charge in [0.1, 0.15) is 0 Å². The van der Waals surface area contributed by atoms with Gasteiger partial charge in [-0.3, -0.25) is 0 Å². The second-order valence-corrected chi connectivity index (χ2v) is 5.47. The number of nitrogens with one attached hydrogen (secondary N) is 1. The zero-order valence-corrected chi connectivity index (χ0v) is 11.6. The molecule has 2 nitrogen and oxygen atoms in total. The molecule has 1 aliphatic heterocycles. The molecule has 1 fully saturated rings. The molecule has 0 radical (unpaired) electrons. The van der Waals surface area contributed by atoms with Gasteiger partial charge < -0.3 is 10.1 Å². The van der Waals surface area contributed by atoms with E-state index in [0.29, 0.717) is 18.1 Å². The summed E-state index contributed by atoms with van der Waals surface area (Å²) in [4.78, 5) is 0. The number of rotatable bonds is 3. The summed E-state index contributed by atoms with van der Waals surface area (Å²) in [6.07, 6.45) is 1.52. The van der Waals surface area contributed by atoms with Gasteiger partial charge in [-0.25, -0.2) is 0 Å². The maximum atomic E-state index is 5.74. The van der Waals surface area contributed by atoms with E-state index in [2.05, 4.69) is 61.8 Å². The van der Waals surface area contributed by atoms with Gasteiger partial charge in [0, 0.05) is 12.0 Å². The zero-order valence-electron chi connectivity index (χ0n) is 11.6. The third kappa shape index (κ3) is 2.38. The standard InChI is InChI=1S/C17H21NO/c1-12-10-14(11-19-12)17(18-2)16-9-5-7-13-6-3-4-8-15(13)16/h3-9,12,14,17-18H,10-11H2,1-2H3. The summed E-state index contributed by atoms with van der Waals surface area (Å²) >= 11 is 0. The maximum absolute atomic E-state index is 5.74. The molecule has 1 heterocycles. The molecular formula is C17H21NO. The predicted octanol–water partition coefficient (Wildman–Crippen LogP) is 3.53. The summed E-state index contributed by atoms with van der Waals surface area (Å²) in [5, 5.41) is 6.16. The molecule has 100 valence electrons. The average molecular weight is 255 g/mol. The largest absolute Gasteiger partial charge is 0.378 e. The van der Waals surface area contributed by atoms with E-state index in [4.69, 9.17) is 4.74 Å². The number of fused-ring (bicyclic) bond motifs is 1. The van der Waals surface area contributed by atoms with Crippen molar-refractivity contribution in [2.24, 2.45) is 5.92 Å². The fourth-order valence-corrected chi connectivity index (χ4v) is 3.25. The average Bonchev–Trinajstić information content (AvgIpc) is 2.86. The topological polar surface area (TPSA) is 21.3 Å². The normalized spacial score (nSPS) is 24.7.